The number of nitrogens with one attached hydrogen (secondary N) is 2. The number of benzene rings is 2. The van der Waals surface area contributed by atoms with Crippen molar-refractivity contribution in [1.82, 2.24) is 10.6 Å². The van der Waals surface area contributed by atoms with Gasteiger partial charge in [-0.3, -0.25) is 4.79 Å². The molecule has 0 saturated heterocycles. The average molecular weight is 455 g/mol. The molecule has 3 N–H and O–H groups in total. The average Bonchev–Trinajstić information content (AvgIpc) is 3.10. The zero-order valence-electron chi connectivity index (χ0n) is 19.0. The zero-order valence-corrected chi connectivity index (χ0v) is 19.0. The number of carboxylic acid groups (broad SMARTS) is 1. The molecule has 1 unspecified atom stereocenters. The fraction of sp³-hybridized carbons (Fsp3) is 0.400. The van der Waals surface area contributed by atoms with Gasteiger partial charge in [0.25, 0.3) is 0 Å². The van der Waals surface area contributed by atoms with Crippen LogP contribution in [0.2, 0.25) is 0 Å². The molecule has 0 bridgehead atoms. The lowest BCUT2D eigenvalue weighted by Crippen LogP contribution is -2.48. The molecule has 0 fully saturated rings. The summed E-state index contributed by atoms with van der Waals surface area (Å²) in [4.78, 5) is 36.1. The van der Waals surface area contributed by atoms with Crippen molar-refractivity contribution in [2.45, 2.75) is 38.3 Å². The number of amides is 2. The largest absolute Gasteiger partial charge is 0.480 e. The summed E-state index contributed by atoms with van der Waals surface area (Å²) in [5.74, 6) is -1.80. The van der Waals surface area contributed by atoms with E-state index in [2.05, 4.69) is 22.8 Å². The quantitative estimate of drug-likeness (QED) is 0.508. The Labute approximate surface area is 193 Å². The Kier molecular flexibility index (Phi) is 8.06. The monoisotopic (exact) mass is 454 g/mol. The SMILES string of the molecule is COCC(NC(=O)C[C@H](NC(=O)OCC1c2ccccc2-c2ccccc21)C(C)C)C(=O)O. The zero-order chi connectivity index (χ0) is 24.0. The van der Waals surface area contributed by atoms with E-state index in [1.165, 1.54) is 7.11 Å². The molecule has 2 amide bonds. The first-order valence-corrected chi connectivity index (χ1v) is 10.9. The van der Waals surface area contributed by atoms with Crippen LogP contribution in [0.3, 0.4) is 0 Å². The molecule has 0 aromatic heterocycles. The number of aliphatic carboxylic acids is 1. The number of carbonyl (C=O) groups is 3. The second-order valence-electron chi connectivity index (χ2n) is 8.44. The molecule has 176 valence electrons. The third kappa shape index (κ3) is 5.90. The first kappa shape index (κ1) is 24.3. The topological polar surface area (TPSA) is 114 Å². The van der Waals surface area contributed by atoms with Gasteiger partial charge in [0.2, 0.25) is 5.91 Å². The minimum absolute atomic E-state index is 0.0608. The number of methoxy groups -OCH3 is 1. The first-order valence-electron chi connectivity index (χ1n) is 10.9. The second kappa shape index (κ2) is 11.0. The number of hydrogen-bond donors (Lipinski definition) is 3. The first-order chi connectivity index (χ1) is 15.8. The molecule has 8 heteroatoms. The van der Waals surface area contributed by atoms with Crippen molar-refractivity contribution in [1.29, 1.82) is 0 Å². The maximum absolute atomic E-state index is 12.6. The van der Waals surface area contributed by atoms with Gasteiger partial charge >= 0.3 is 12.1 Å². The number of carbonyl (C=O) groups excluding carboxylic acids is 2. The van der Waals surface area contributed by atoms with E-state index in [1.54, 1.807) is 0 Å². The molecule has 33 heavy (non-hydrogen) atoms. The van der Waals surface area contributed by atoms with Crippen LogP contribution in [0.5, 0.6) is 0 Å². The van der Waals surface area contributed by atoms with E-state index in [1.807, 2.05) is 50.2 Å². The van der Waals surface area contributed by atoms with Gasteiger partial charge < -0.3 is 25.2 Å². The molecule has 2 aromatic rings. The highest BCUT2D eigenvalue weighted by Crippen LogP contribution is 2.44. The van der Waals surface area contributed by atoms with Crippen LogP contribution in [0.1, 0.15) is 37.3 Å². The molecule has 0 saturated carbocycles. The molecule has 2 atom stereocenters. The Morgan fingerprint density at radius 1 is 0.970 bits per heavy atom. The van der Waals surface area contributed by atoms with E-state index in [9.17, 15) is 19.5 Å². The summed E-state index contributed by atoms with van der Waals surface area (Å²) < 4.78 is 10.4. The molecule has 3 rings (SSSR count). The van der Waals surface area contributed by atoms with Crippen LogP contribution in [-0.2, 0) is 19.1 Å². The van der Waals surface area contributed by atoms with Crippen molar-refractivity contribution >= 4 is 18.0 Å². The lowest BCUT2D eigenvalue weighted by atomic mass is 9.98. The Bertz CT molecular complexity index is 960. The molecule has 2 aromatic carbocycles. The molecular weight excluding hydrogens is 424 g/mol. The van der Waals surface area contributed by atoms with Crippen LogP contribution in [0.25, 0.3) is 11.1 Å². The van der Waals surface area contributed by atoms with Gasteiger partial charge in [0.1, 0.15) is 6.61 Å². The summed E-state index contributed by atoms with van der Waals surface area (Å²) in [5, 5.41) is 14.3. The number of alkyl carbamates (subject to hydrolysis) is 1. The molecule has 0 radical (unpaired) electrons. The lowest BCUT2D eigenvalue weighted by Gasteiger charge is -2.23. The van der Waals surface area contributed by atoms with E-state index in [0.29, 0.717) is 0 Å². The highest BCUT2D eigenvalue weighted by molar-refractivity contribution is 5.84. The van der Waals surface area contributed by atoms with Gasteiger partial charge in [-0.25, -0.2) is 9.59 Å². The predicted octanol–water partition coefficient (Wildman–Crippen LogP) is 3.16. The van der Waals surface area contributed by atoms with E-state index in [0.717, 1.165) is 22.3 Å². The molecule has 1 aliphatic rings. The van der Waals surface area contributed by atoms with Gasteiger partial charge in [0.05, 0.1) is 6.61 Å². The molecule has 0 aliphatic heterocycles. The van der Waals surface area contributed by atoms with Crippen LogP contribution in [0, 0.1) is 5.92 Å². The Balaban J connectivity index is 1.60. The smallest absolute Gasteiger partial charge is 0.407 e. The van der Waals surface area contributed by atoms with Gasteiger partial charge in [0.15, 0.2) is 6.04 Å². The van der Waals surface area contributed by atoms with E-state index in [-0.39, 0.29) is 31.5 Å². The van der Waals surface area contributed by atoms with Crippen molar-refractivity contribution in [3.05, 3.63) is 59.7 Å². The third-order valence-electron chi connectivity index (χ3n) is 5.82. The van der Waals surface area contributed by atoms with Crippen LogP contribution >= 0.6 is 0 Å². The molecule has 0 spiro atoms. The van der Waals surface area contributed by atoms with Gasteiger partial charge in [-0.05, 0) is 28.2 Å². The number of rotatable bonds is 10. The minimum atomic E-state index is -1.18. The van der Waals surface area contributed by atoms with Crippen molar-refractivity contribution in [3.8, 4) is 11.1 Å². The van der Waals surface area contributed by atoms with E-state index >= 15 is 0 Å². The summed E-state index contributed by atoms with van der Waals surface area (Å²) in [6.45, 7) is 3.76. The standard InChI is InChI=1S/C25H30N2O6/c1-15(2)21(12-23(28)26-22(14-32-3)24(29)30)27-25(31)33-13-20-18-10-6-4-8-16(18)17-9-5-7-11-19(17)20/h4-11,15,20-22H,12-14H2,1-3H3,(H,26,28)(H,27,31)(H,29,30)/t21-,22?/m0/s1. The Morgan fingerprint density at radius 2 is 1.55 bits per heavy atom. The summed E-state index contributed by atoms with van der Waals surface area (Å²) in [6.07, 6.45) is -0.690. The maximum Gasteiger partial charge on any atom is 0.407 e. The van der Waals surface area contributed by atoms with Gasteiger partial charge in [0, 0.05) is 25.5 Å². The normalized spacial score (nSPS) is 14.2. The summed E-state index contributed by atoms with van der Waals surface area (Å²) >= 11 is 0. The van der Waals surface area contributed by atoms with Gasteiger partial charge in [-0.2, -0.15) is 0 Å². The predicted molar refractivity (Wildman–Crippen MR) is 123 cm³/mol. The van der Waals surface area contributed by atoms with Crippen LogP contribution < -0.4 is 10.6 Å². The number of fused-ring (bicyclic) bond motifs is 3. The number of ether oxygens (including phenoxy) is 2. The molecule has 0 heterocycles. The lowest BCUT2D eigenvalue weighted by molar-refractivity contribution is -0.143. The fourth-order valence-corrected chi connectivity index (χ4v) is 4.04. The Hall–Kier alpha value is -3.39. The fourth-order valence-electron chi connectivity index (χ4n) is 4.04. The highest BCUT2D eigenvalue weighted by atomic mass is 16.5. The Morgan fingerprint density at radius 3 is 2.06 bits per heavy atom. The van der Waals surface area contributed by atoms with Crippen molar-refractivity contribution in [3.63, 3.8) is 0 Å². The van der Waals surface area contributed by atoms with Crippen molar-refractivity contribution in [2.75, 3.05) is 20.3 Å². The molecule has 8 nitrogen and oxygen atoms in total. The van der Waals surface area contributed by atoms with Crippen molar-refractivity contribution in [2.24, 2.45) is 5.92 Å². The van der Waals surface area contributed by atoms with Gasteiger partial charge in [-0.1, -0.05) is 62.4 Å². The third-order valence-corrected chi connectivity index (χ3v) is 5.82. The van der Waals surface area contributed by atoms with Gasteiger partial charge in [-0.15, -0.1) is 0 Å². The van der Waals surface area contributed by atoms with Crippen LogP contribution in [0.4, 0.5) is 4.79 Å². The second-order valence-corrected chi connectivity index (χ2v) is 8.44. The van der Waals surface area contributed by atoms with Crippen LogP contribution in [0.15, 0.2) is 48.5 Å². The van der Waals surface area contributed by atoms with Crippen LogP contribution in [-0.4, -0.2) is 55.5 Å². The van der Waals surface area contributed by atoms with E-state index in [4.69, 9.17) is 9.47 Å². The summed E-state index contributed by atoms with van der Waals surface area (Å²) in [7, 11) is 1.36. The maximum atomic E-state index is 12.6. The molecular formula is C25H30N2O6. The minimum Gasteiger partial charge on any atom is -0.480 e. The van der Waals surface area contributed by atoms with E-state index < -0.39 is 30.1 Å². The number of hydrogen-bond acceptors (Lipinski definition) is 5. The summed E-state index contributed by atoms with van der Waals surface area (Å²) in [5.41, 5.74) is 4.51. The molecule has 1 aliphatic carbocycles. The summed E-state index contributed by atoms with van der Waals surface area (Å²) in [6, 6.07) is 14.5. The van der Waals surface area contributed by atoms with Crippen molar-refractivity contribution < 1.29 is 29.0 Å². The highest BCUT2D eigenvalue weighted by Gasteiger charge is 2.30. The number of carboxylic acids is 1.